The highest BCUT2D eigenvalue weighted by molar-refractivity contribution is 5.94. The third-order valence-corrected chi connectivity index (χ3v) is 4.74. The van der Waals surface area contributed by atoms with Crippen molar-refractivity contribution in [1.29, 1.82) is 0 Å². The van der Waals surface area contributed by atoms with Crippen molar-refractivity contribution in [3.63, 3.8) is 0 Å². The molecule has 2 aromatic carbocycles. The molecular weight excluding hydrogens is 387 g/mol. The number of rotatable bonds is 3. The van der Waals surface area contributed by atoms with Crippen LogP contribution in [0.5, 0.6) is 5.75 Å². The van der Waals surface area contributed by atoms with Gasteiger partial charge in [-0.05, 0) is 48.7 Å². The molecule has 1 aliphatic rings. The topological polar surface area (TPSA) is 64.4 Å². The standard InChI is InChI=1S/C20H16F3N3O3/c21-20(22,23)29-14-7-8-17-13(10-14)4-3-9-26(17)18(27)11-25-12-24-16-6-2-1-5-15(16)19(25)28/h1-2,5-8,10,12H,3-4,9,11H2. The summed E-state index contributed by atoms with van der Waals surface area (Å²) in [5.41, 5.74) is 1.34. The van der Waals surface area contributed by atoms with Crippen LogP contribution in [0.1, 0.15) is 12.0 Å². The van der Waals surface area contributed by atoms with Crippen LogP contribution in [0.4, 0.5) is 18.9 Å². The van der Waals surface area contributed by atoms with Crippen LogP contribution >= 0.6 is 0 Å². The quantitative estimate of drug-likeness (QED) is 0.673. The van der Waals surface area contributed by atoms with Crippen molar-refractivity contribution in [2.75, 3.05) is 11.4 Å². The second kappa shape index (κ2) is 7.23. The summed E-state index contributed by atoms with van der Waals surface area (Å²) in [5, 5.41) is 0.413. The Kier molecular flexibility index (Phi) is 4.73. The molecule has 1 aromatic heterocycles. The van der Waals surface area contributed by atoms with Crippen LogP contribution in [-0.4, -0.2) is 28.4 Å². The van der Waals surface area contributed by atoms with Crippen LogP contribution in [0.3, 0.4) is 0 Å². The molecule has 0 aliphatic carbocycles. The van der Waals surface area contributed by atoms with E-state index in [4.69, 9.17) is 0 Å². The number of amides is 1. The maximum absolute atomic E-state index is 12.9. The molecule has 150 valence electrons. The lowest BCUT2D eigenvalue weighted by atomic mass is 10.0. The number of halogens is 3. The van der Waals surface area contributed by atoms with E-state index < -0.39 is 6.36 Å². The Labute approximate surface area is 163 Å². The van der Waals surface area contributed by atoms with Gasteiger partial charge in [0.1, 0.15) is 12.3 Å². The number of carbonyl (C=O) groups excluding carboxylic acids is 1. The van der Waals surface area contributed by atoms with Crippen LogP contribution in [0, 0.1) is 0 Å². The molecule has 9 heteroatoms. The average molecular weight is 403 g/mol. The number of anilines is 1. The second-order valence-corrected chi connectivity index (χ2v) is 6.68. The number of ether oxygens (including phenoxy) is 1. The van der Waals surface area contributed by atoms with Gasteiger partial charge in [-0.1, -0.05) is 12.1 Å². The zero-order chi connectivity index (χ0) is 20.6. The van der Waals surface area contributed by atoms with Gasteiger partial charge in [0.05, 0.1) is 17.2 Å². The van der Waals surface area contributed by atoms with E-state index in [1.165, 1.54) is 34.0 Å². The third kappa shape index (κ3) is 3.94. The molecule has 0 atom stereocenters. The van der Waals surface area contributed by atoms with Gasteiger partial charge in [-0.25, -0.2) is 4.98 Å². The number of hydrogen-bond acceptors (Lipinski definition) is 4. The molecule has 1 aliphatic heterocycles. The summed E-state index contributed by atoms with van der Waals surface area (Å²) in [6, 6.07) is 10.8. The molecule has 0 N–H and O–H groups in total. The fourth-order valence-corrected chi connectivity index (χ4v) is 3.48. The Morgan fingerprint density at radius 3 is 2.76 bits per heavy atom. The largest absolute Gasteiger partial charge is 0.573 e. The van der Waals surface area contributed by atoms with Crippen LogP contribution in [0.2, 0.25) is 0 Å². The van der Waals surface area contributed by atoms with E-state index in [9.17, 15) is 22.8 Å². The van der Waals surface area contributed by atoms with Crippen molar-refractivity contribution in [3.05, 3.63) is 64.7 Å². The Hall–Kier alpha value is -3.36. The number of fused-ring (bicyclic) bond motifs is 2. The molecule has 0 bridgehead atoms. The highest BCUT2D eigenvalue weighted by atomic mass is 19.4. The monoisotopic (exact) mass is 403 g/mol. The maximum atomic E-state index is 12.9. The normalized spacial score (nSPS) is 14.0. The summed E-state index contributed by atoms with van der Waals surface area (Å²) >= 11 is 0. The van der Waals surface area contributed by atoms with Crippen LogP contribution in [-0.2, 0) is 17.8 Å². The van der Waals surface area contributed by atoms with E-state index in [-0.39, 0.29) is 23.8 Å². The molecule has 0 saturated carbocycles. The molecule has 0 spiro atoms. The van der Waals surface area contributed by atoms with Crippen molar-refractivity contribution in [3.8, 4) is 5.75 Å². The predicted molar refractivity (Wildman–Crippen MR) is 99.8 cm³/mol. The minimum atomic E-state index is -4.78. The van der Waals surface area contributed by atoms with E-state index in [1.807, 2.05) is 0 Å². The lowest BCUT2D eigenvalue weighted by Crippen LogP contribution is -2.39. The molecule has 0 saturated heterocycles. The molecule has 0 unspecified atom stereocenters. The van der Waals surface area contributed by atoms with E-state index >= 15 is 0 Å². The zero-order valence-corrected chi connectivity index (χ0v) is 15.1. The summed E-state index contributed by atoms with van der Waals surface area (Å²) in [4.78, 5) is 31.1. The lowest BCUT2D eigenvalue weighted by molar-refractivity contribution is -0.274. The SMILES string of the molecule is O=C(Cn1cnc2ccccc2c1=O)N1CCCc2cc(OC(F)(F)F)ccc21. The van der Waals surface area contributed by atoms with Gasteiger partial charge in [0.2, 0.25) is 5.91 Å². The van der Waals surface area contributed by atoms with Crippen molar-refractivity contribution in [2.45, 2.75) is 25.7 Å². The number of alkyl halides is 3. The number of benzene rings is 2. The van der Waals surface area contributed by atoms with E-state index in [0.717, 1.165) is 0 Å². The molecule has 0 fully saturated rings. The van der Waals surface area contributed by atoms with Crippen LogP contribution < -0.4 is 15.2 Å². The van der Waals surface area contributed by atoms with Crippen molar-refractivity contribution < 1.29 is 22.7 Å². The number of nitrogens with zero attached hydrogens (tertiary/aromatic N) is 3. The molecule has 1 amide bonds. The summed E-state index contributed by atoms with van der Waals surface area (Å²) in [6.07, 6.45) is -2.32. The first kappa shape index (κ1) is 19.0. The van der Waals surface area contributed by atoms with Gasteiger partial charge in [0.25, 0.3) is 5.56 Å². The van der Waals surface area contributed by atoms with Gasteiger partial charge >= 0.3 is 6.36 Å². The van der Waals surface area contributed by atoms with Crippen molar-refractivity contribution >= 4 is 22.5 Å². The first-order valence-electron chi connectivity index (χ1n) is 8.95. The average Bonchev–Trinajstić information content (AvgIpc) is 2.68. The highest BCUT2D eigenvalue weighted by Crippen LogP contribution is 2.32. The first-order chi connectivity index (χ1) is 13.8. The van der Waals surface area contributed by atoms with Crippen molar-refractivity contribution in [1.82, 2.24) is 9.55 Å². The number of aromatic nitrogens is 2. The third-order valence-electron chi connectivity index (χ3n) is 4.74. The number of carbonyl (C=O) groups is 1. The van der Waals surface area contributed by atoms with E-state index in [2.05, 4.69) is 9.72 Å². The maximum Gasteiger partial charge on any atom is 0.573 e. The van der Waals surface area contributed by atoms with Gasteiger partial charge < -0.3 is 9.64 Å². The summed E-state index contributed by atoms with van der Waals surface area (Å²) in [7, 11) is 0. The van der Waals surface area contributed by atoms with Gasteiger partial charge in [-0.15, -0.1) is 13.2 Å². The Bertz CT molecular complexity index is 1140. The zero-order valence-electron chi connectivity index (χ0n) is 15.1. The smallest absolute Gasteiger partial charge is 0.406 e. The minimum absolute atomic E-state index is 0.211. The molecule has 3 aromatic rings. The highest BCUT2D eigenvalue weighted by Gasteiger charge is 2.32. The minimum Gasteiger partial charge on any atom is -0.406 e. The van der Waals surface area contributed by atoms with Crippen LogP contribution in [0.25, 0.3) is 10.9 Å². The summed E-state index contributed by atoms with van der Waals surface area (Å²) < 4.78 is 42.5. The number of aryl methyl sites for hydroxylation is 1. The molecule has 29 heavy (non-hydrogen) atoms. The molecule has 6 nitrogen and oxygen atoms in total. The second-order valence-electron chi connectivity index (χ2n) is 6.68. The Morgan fingerprint density at radius 2 is 1.97 bits per heavy atom. The van der Waals surface area contributed by atoms with Crippen molar-refractivity contribution in [2.24, 2.45) is 0 Å². The van der Waals surface area contributed by atoms with Crippen LogP contribution in [0.15, 0.2) is 53.6 Å². The van der Waals surface area contributed by atoms with Gasteiger partial charge in [-0.3, -0.25) is 14.2 Å². The van der Waals surface area contributed by atoms with Gasteiger partial charge in [0.15, 0.2) is 0 Å². The first-order valence-corrected chi connectivity index (χ1v) is 8.95. The number of para-hydroxylation sites is 1. The molecule has 0 radical (unpaired) electrons. The molecule has 2 heterocycles. The van der Waals surface area contributed by atoms with E-state index in [1.54, 1.807) is 24.3 Å². The molecular formula is C20H16F3N3O3. The summed E-state index contributed by atoms with van der Waals surface area (Å²) in [6.45, 7) is 0.206. The fraction of sp³-hybridized carbons (Fsp3) is 0.250. The number of hydrogen-bond donors (Lipinski definition) is 0. The van der Waals surface area contributed by atoms with E-state index in [0.29, 0.717) is 41.5 Å². The lowest BCUT2D eigenvalue weighted by Gasteiger charge is -2.30. The Balaban J connectivity index is 1.59. The predicted octanol–water partition coefficient (Wildman–Crippen LogP) is 3.27. The summed E-state index contributed by atoms with van der Waals surface area (Å²) in [5.74, 6) is -0.657. The Morgan fingerprint density at radius 1 is 1.17 bits per heavy atom. The fourth-order valence-electron chi connectivity index (χ4n) is 3.48. The molecule has 4 rings (SSSR count). The van der Waals surface area contributed by atoms with Gasteiger partial charge in [-0.2, -0.15) is 0 Å². The van der Waals surface area contributed by atoms with Gasteiger partial charge in [0, 0.05) is 12.2 Å².